The van der Waals surface area contributed by atoms with Crippen LogP contribution in [-0.4, -0.2) is 12.6 Å². The molecule has 0 unspecified atom stereocenters. The Balaban J connectivity index is 1.88. The van der Waals surface area contributed by atoms with E-state index in [2.05, 4.69) is 16.9 Å². The molecule has 0 aliphatic carbocycles. The van der Waals surface area contributed by atoms with Crippen molar-refractivity contribution >= 4 is 18.0 Å². The number of carbonyl (C=O) groups excluding carboxylic acids is 1. The summed E-state index contributed by atoms with van der Waals surface area (Å²) in [7, 11) is 0. The average Bonchev–Trinajstić information content (AvgIpc) is 2.62. The highest BCUT2D eigenvalue weighted by Gasteiger charge is 2.31. The molecule has 0 atom stereocenters. The summed E-state index contributed by atoms with van der Waals surface area (Å²) < 4.78 is 40.4. The molecule has 0 fully saturated rings. The minimum Gasteiger partial charge on any atom is -0.397 e. The van der Waals surface area contributed by atoms with Crippen molar-refractivity contribution in [2.75, 3.05) is 0 Å². The van der Waals surface area contributed by atoms with Gasteiger partial charge in [-0.3, -0.25) is 4.79 Å². The molecule has 0 N–H and O–H groups in total. The minimum atomic E-state index is -4.77. The second kappa shape index (κ2) is 7.54. The van der Waals surface area contributed by atoms with Crippen LogP contribution in [0.2, 0.25) is 0 Å². The molecule has 0 spiro atoms. The maximum atomic E-state index is 12.2. The lowest BCUT2D eigenvalue weighted by atomic mass is 10.1. The molecule has 0 aliphatic heterocycles. The Bertz CT molecular complexity index is 891. The van der Waals surface area contributed by atoms with Gasteiger partial charge in [-0.15, -0.1) is 13.2 Å². The molecule has 3 aromatic rings. The van der Waals surface area contributed by atoms with E-state index in [1.165, 1.54) is 23.9 Å². The number of carbonyl (C=O) groups is 1. The van der Waals surface area contributed by atoms with Crippen molar-refractivity contribution in [3.63, 3.8) is 0 Å². The quantitative estimate of drug-likeness (QED) is 0.528. The van der Waals surface area contributed by atoms with E-state index in [1.807, 2.05) is 30.3 Å². The van der Waals surface area contributed by atoms with Gasteiger partial charge in [0.05, 0.1) is 0 Å². The Morgan fingerprint density at radius 1 is 0.962 bits per heavy atom. The predicted octanol–water partition coefficient (Wildman–Crippen LogP) is 5.82. The minimum absolute atomic E-state index is 0.454. The van der Waals surface area contributed by atoms with Crippen molar-refractivity contribution in [3.8, 4) is 16.9 Å². The van der Waals surface area contributed by atoms with Crippen LogP contribution in [-0.2, 0) is 0 Å². The molecular formula is C20H11F3O2S. The van der Waals surface area contributed by atoms with Gasteiger partial charge in [-0.2, -0.15) is 0 Å². The zero-order chi connectivity index (χ0) is 18.6. The van der Waals surface area contributed by atoms with E-state index in [0.717, 1.165) is 16.1 Å². The molecule has 3 aromatic carbocycles. The molecule has 2 nitrogen and oxygen atoms in total. The molecule has 0 heterocycles. The van der Waals surface area contributed by atoms with Crippen LogP contribution in [0.4, 0.5) is 13.2 Å². The second-order valence-corrected chi connectivity index (χ2v) is 6.31. The summed E-state index contributed by atoms with van der Waals surface area (Å²) in [6, 6.07) is 22.4. The largest absolute Gasteiger partial charge is 0.573 e. The normalized spacial score (nSPS) is 10.9. The fourth-order valence-corrected chi connectivity index (χ4v) is 3.19. The first-order valence-corrected chi connectivity index (χ1v) is 8.28. The van der Waals surface area contributed by atoms with Crippen molar-refractivity contribution in [1.29, 1.82) is 0 Å². The maximum absolute atomic E-state index is 12.2. The molecule has 0 aliphatic rings. The third-order valence-electron chi connectivity index (χ3n) is 3.37. The van der Waals surface area contributed by atoms with Gasteiger partial charge in [-0.05, 0) is 48.0 Å². The van der Waals surface area contributed by atoms with Gasteiger partial charge in [0.2, 0.25) is 0 Å². The van der Waals surface area contributed by atoms with Crippen LogP contribution in [0.1, 0.15) is 10.4 Å². The van der Waals surface area contributed by atoms with Gasteiger partial charge in [0.1, 0.15) is 0 Å². The van der Waals surface area contributed by atoms with E-state index in [0.29, 0.717) is 16.7 Å². The molecular weight excluding hydrogens is 361 g/mol. The summed E-state index contributed by atoms with van der Waals surface area (Å²) >= 11 is 1.43. The summed E-state index contributed by atoms with van der Waals surface area (Å²) in [5, 5.41) is 0. The number of benzene rings is 2. The molecule has 6 heteroatoms. The lowest BCUT2D eigenvalue weighted by molar-refractivity contribution is -0.274. The predicted molar refractivity (Wildman–Crippen MR) is 92.2 cm³/mol. The molecule has 26 heavy (non-hydrogen) atoms. The molecule has 0 saturated carbocycles. The fraction of sp³-hybridized carbons (Fsp3) is 0.0500. The molecule has 0 amide bonds. The topological polar surface area (TPSA) is 26.3 Å². The van der Waals surface area contributed by atoms with Gasteiger partial charge in [0.15, 0.2) is 12.0 Å². The lowest BCUT2D eigenvalue weighted by Gasteiger charge is -2.08. The Morgan fingerprint density at radius 3 is 2.35 bits per heavy atom. The van der Waals surface area contributed by atoms with E-state index in [4.69, 9.17) is 0 Å². The molecule has 0 radical (unpaired) electrons. The highest BCUT2D eigenvalue weighted by molar-refractivity contribution is 7.99. The third-order valence-corrected chi connectivity index (χ3v) is 4.45. The van der Waals surface area contributed by atoms with Crippen LogP contribution in [0.15, 0.2) is 70.5 Å². The number of rotatable bonds is 5. The molecule has 0 bridgehead atoms. The van der Waals surface area contributed by atoms with Crippen LogP contribution in [0.3, 0.4) is 0 Å². The van der Waals surface area contributed by atoms with Crippen LogP contribution in [0.5, 0.6) is 5.75 Å². The number of hydrogen-bond donors (Lipinski definition) is 0. The monoisotopic (exact) mass is 372 g/mol. The highest BCUT2D eigenvalue weighted by Crippen LogP contribution is 2.33. The first-order chi connectivity index (χ1) is 12.4. The number of ether oxygens (including phenoxy) is 1. The SMILES string of the molecule is O=Cc1ccc(-c2c#cc(OC(F)(F)F)cc2)cc1Sc1ccccc1. The van der Waals surface area contributed by atoms with Crippen molar-refractivity contribution < 1.29 is 22.7 Å². The van der Waals surface area contributed by atoms with Gasteiger partial charge < -0.3 is 4.74 Å². The summed E-state index contributed by atoms with van der Waals surface area (Å²) in [6.07, 6.45) is -4.00. The van der Waals surface area contributed by atoms with E-state index in [-0.39, 0.29) is 0 Å². The first-order valence-electron chi connectivity index (χ1n) is 7.47. The average molecular weight is 372 g/mol. The lowest BCUT2D eigenvalue weighted by Crippen LogP contribution is -2.16. The Kier molecular flexibility index (Phi) is 5.19. The third kappa shape index (κ3) is 4.58. The second-order valence-electron chi connectivity index (χ2n) is 5.19. The fourth-order valence-electron chi connectivity index (χ4n) is 2.23. The van der Waals surface area contributed by atoms with Crippen LogP contribution in [0, 0.1) is 12.1 Å². The molecule has 130 valence electrons. The summed E-state index contributed by atoms with van der Waals surface area (Å²) in [6.45, 7) is 0. The van der Waals surface area contributed by atoms with E-state index >= 15 is 0 Å². The Labute approximate surface area is 152 Å². The van der Waals surface area contributed by atoms with E-state index in [9.17, 15) is 18.0 Å². The van der Waals surface area contributed by atoms with Crippen molar-refractivity contribution in [1.82, 2.24) is 0 Å². The Hall–Kier alpha value is -2.91. The molecule has 3 rings (SSSR count). The number of aldehydes is 1. The first kappa shape index (κ1) is 17.9. The Morgan fingerprint density at radius 2 is 1.73 bits per heavy atom. The van der Waals surface area contributed by atoms with E-state index in [1.54, 1.807) is 18.2 Å². The smallest absolute Gasteiger partial charge is 0.397 e. The molecule has 0 saturated heterocycles. The van der Waals surface area contributed by atoms with Crippen LogP contribution < -0.4 is 4.74 Å². The maximum Gasteiger partial charge on any atom is 0.573 e. The van der Waals surface area contributed by atoms with Crippen molar-refractivity contribution in [2.45, 2.75) is 16.2 Å². The zero-order valence-electron chi connectivity index (χ0n) is 13.2. The summed E-state index contributed by atoms with van der Waals surface area (Å²) in [5.41, 5.74) is 1.79. The van der Waals surface area contributed by atoms with Crippen molar-refractivity contribution in [3.05, 3.63) is 78.4 Å². The van der Waals surface area contributed by atoms with Gasteiger partial charge >= 0.3 is 6.36 Å². The van der Waals surface area contributed by atoms with Gasteiger partial charge in [-0.25, -0.2) is 0 Å². The van der Waals surface area contributed by atoms with E-state index < -0.39 is 12.1 Å². The summed E-state index contributed by atoms with van der Waals surface area (Å²) in [5.74, 6) is -0.454. The molecule has 0 aromatic heterocycles. The highest BCUT2D eigenvalue weighted by atomic mass is 32.2. The van der Waals surface area contributed by atoms with Crippen LogP contribution >= 0.6 is 11.8 Å². The number of hydrogen-bond acceptors (Lipinski definition) is 3. The van der Waals surface area contributed by atoms with Gasteiger partial charge in [0.25, 0.3) is 0 Å². The van der Waals surface area contributed by atoms with Gasteiger partial charge in [-0.1, -0.05) is 42.1 Å². The van der Waals surface area contributed by atoms with Gasteiger partial charge in [0, 0.05) is 20.9 Å². The summed E-state index contributed by atoms with van der Waals surface area (Å²) in [4.78, 5) is 13.0. The zero-order valence-corrected chi connectivity index (χ0v) is 14.0. The standard InChI is InChI=1S/C20H11F3O2S/c21-20(22,23)25-17-10-8-14(9-11-17)15-6-7-16(13-24)19(12-15)26-18-4-2-1-3-5-18/h1-8,10,12-13H. The van der Waals surface area contributed by atoms with Crippen molar-refractivity contribution in [2.24, 2.45) is 0 Å². The number of alkyl halides is 3. The van der Waals surface area contributed by atoms with Crippen LogP contribution in [0.25, 0.3) is 11.1 Å². The number of halogens is 3.